The van der Waals surface area contributed by atoms with Gasteiger partial charge in [0.15, 0.2) is 6.54 Å². The van der Waals surface area contributed by atoms with Gasteiger partial charge in [-0.1, -0.05) is 52.0 Å². The van der Waals surface area contributed by atoms with Gasteiger partial charge >= 0.3 is 0 Å². The molecule has 3 N–H and O–H groups in total. The van der Waals surface area contributed by atoms with E-state index in [0.29, 0.717) is 18.4 Å². The number of hydrogen-bond acceptors (Lipinski definition) is 2. The molecule has 0 radical (unpaired) electrons. The lowest BCUT2D eigenvalue weighted by molar-refractivity contribution is -0.692. The highest BCUT2D eigenvalue weighted by Gasteiger charge is 2.20. The molecule has 140 valence electrons. The molecule has 1 aromatic carbocycles. The van der Waals surface area contributed by atoms with Gasteiger partial charge in [0.25, 0.3) is 5.91 Å². The molecular weight excluding hydrogens is 314 g/mol. The van der Waals surface area contributed by atoms with Crippen LogP contribution in [-0.2, 0) is 16.0 Å². The molecule has 0 spiro atoms. The number of nitrogens with two attached hydrogens (primary N) is 1. The zero-order valence-electron chi connectivity index (χ0n) is 16.5. The second-order valence-corrected chi connectivity index (χ2v) is 7.61. The van der Waals surface area contributed by atoms with Gasteiger partial charge in [0.1, 0.15) is 6.04 Å². The quantitative estimate of drug-likeness (QED) is 0.707. The summed E-state index contributed by atoms with van der Waals surface area (Å²) >= 11 is 0. The van der Waals surface area contributed by atoms with Gasteiger partial charge in [-0.05, 0) is 17.9 Å². The molecule has 1 rings (SSSR count). The van der Waals surface area contributed by atoms with Crippen molar-refractivity contribution in [2.45, 2.75) is 40.2 Å². The molecule has 0 aliphatic heterocycles. The molecule has 0 saturated carbocycles. The van der Waals surface area contributed by atoms with Crippen molar-refractivity contribution in [3.63, 3.8) is 0 Å². The van der Waals surface area contributed by atoms with Crippen LogP contribution in [0.3, 0.4) is 0 Å². The minimum Gasteiger partial charge on any atom is -0.347 e. The van der Waals surface area contributed by atoms with Crippen molar-refractivity contribution in [3.05, 3.63) is 35.4 Å². The Morgan fingerprint density at radius 1 is 1.08 bits per heavy atom. The Morgan fingerprint density at radius 3 is 2.16 bits per heavy atom. The summed E-state index contributed by atoms with van der Waals surface area (Å²) in [5.74, 6) is 0.839. The van der Waals surface area contributed by atoms with E-state index in [0.717, 1.165) is 6.42 Å². The van der Waals surface area contributed by atoms with Crippen LogP contribution in [0.4, 0.5) is 0 Å². The maximum absolute atomic E-state index is 12.0. The monoisotopic (exact) mass is 348 g/mol. The van der Waals surface area contributed by atoms with Gasteiger partial charge in [-0.2, -0.15) is 0 Å². The van der Waals surface area contributed by atoms with Crippen LogP contribution in [0.15, 0.2) is 24.3 Å². The first-order valence-electron chi connectivity index (χ1n) is 9.09. The fourth-order valence-electron chi connectivity index (χ4n) is 2.78. The average Bonchev–Trinajstić information content (AvgIpc) is 2.53. The van der Waals surface area contributed by atoms with Crippen LogP contribution in [0.2, 0.25) is 0 Å². The highest BCUT2D eigenvalue weighted by Crippen LogP contribution is 2.19. The predicted molar refractivity (Wildman–Crippen MR) is 101 cm³/mol. The van der Waals surface area contributed by atoms with E-state index in [1.54, 1.807) is 14.1 Å². The summed E-state index contributed by atoms with van der Waals surface area (Å²) in [5.41, 5.74) is 2.58. The summed E-state index contributed by atoms with van der Waals surface area (Å²) in [6.07, 6.45) is 1.08. The topological polar surface area (TPSA) is 66.0 Å². The maximum atomic E-state index is 12.0. The summed E-state index contributed by atoms with van der Waals surface area (Å²) in [7, 11) is 3.36. The van der Waals surface area contributed by atoms with E-state index in [1.807, 2.05) is 0 Å². The Labute approximate surface area is 152 Å². The molecule has 0 heterocycles. The molecule has 2 amide bonds. The number of likely N-dealkylation sites (N-methyl/N-ethyl adjacent to an activating group) is 1. The van der Waals surface area contributed by atoms with Crippen LogP contribution in [0.5, 0.6) is 0 Å². The Bertz CT molecular complexity index is 551. The average molecular weight is 349 g/mol. The van der Waals surface area contributed by atoms with Crippen LogP contribution in [-0.4, -0.2) is 43.9 Å². The number of benzene rings is 1. The van der Waals surface area contributed by atoms with Crippen molar-refractivity contribution < 1.29 is 14.9 Å². The smallest absolute Gasteiger partial charge is 0.275 e. The third-order valence-corrected chi connectivity index (χ3v) is 4.22. The van der Waals surface area contributed by atoms with Crippen molar-refractivity contribution in [1.82, 2.24) is 10.2 Å². The highest BCUT2D eigenvalue weighted by atomic mass is 16.2. The zero-order valence-corrected chi connectivity index (χ0v) is 16.5. The minimum atomic E-state index is -0.114. The number of rotatable bonds is 9. The van der Waals surface area contributed by atoms with E-state index >= 15 is 0 Å². The summed E-state index contributed by atoms with van der Waals surface area (Å²) in [4.78, 5) is 25.0. The highest BCUT2D eigenvalue weighted by molar-refractivity contribution is 5.84. The van der Waals surface area contributed by atoms with Gasteiger partial charge in [0.05, 0.1) is 6.54 Å². The van der Waals surface area contributed by atoms with Crippen LogP contribution in [0.25, 0.3) is 0 Å². The number of carbonyl (C=O) groups is 2. The lowest BCUT2D eigenvalue weighted by atomic mass is 9.94. The van der Waals surface area contributed by atoms with Gasteiger partial charge in [-0.3, -0.25) is 9.59 Å². The molecule has 0 unspecified atom stereocenters. The first-order valence-corrected chi connectivity index (χ1v) is 9.09. The lowest BCUT2D eigenvalue weighted by Gasteiger charge is -2.20. The van der Waals surface area contributed by atoms with Gasteiger partial charge in [0, 0.05) is 25.6 Å². The van der Waals surface area contributed by atoms with E-state index in [1.165, 1.54) is 16.0 Å². The molecule has 0 bridgehead atoms. The van der Waals surface area contributed by atoms with Crippen LogP contribution in [0.1, 0.15) is 44.9 Å². The molecule has 1 atom stereocenters. The van der Waals surface area contributed by atoms with E-state index < -0.39 is 0 Å². The van der Waals surface area contributed by atoms with Crippen LogP contribution >= 0.6 is 0 Å². The summed E-state index contributed by atoms with van der Waals surface area (Å²) in [6.45, 7) is 9.14. The molecule has 0 fully saturated rings. The summed E-state index contributed by atoms with van der Waals surface area (Å²) in [5, 5.41) is 4.73. The predicted octanol–water partition coefficient (Wildman–Crippen LogP) is 1.35. The molecular formula is C20H34N3O2+. The van der Waals surface area contributed by atoms with Crippen LogP contribution < -0.4 is 10.6 Å². The lowest BCUT2D eigenvalue weighted by Crippen LogP contribution is -2.88. The molecule has 0 saturated heterocycles. The van der Waals surface area contributed by atoms with Gasteiger partial charge in [-0.15, -0.1) is 0 Å². The molecule has 25 heavy (non-hydrogen) atoms. The fraction of sp³-hybridized carbons (Fsp3) is 0.600. The summed E-state index contributed by atoms with van der Waals surface area (Å²) < 4.78 is 0. The minimum absolute atomic E-state index is 0.0515. The number of carbonyl (C=O) groups excluding carboxylic acids is 2. The van der Waals surface area contributed by atoms with Gasteiger partial charge in [0.2, 0.25) is 5.91 Å². The largest absolute Gasteiger partial charge is 0.347 e. The Morgan fingerprint density at radius 2 is 1.68 bits per heavy atom. The first kappa shape index (κ1) is 21.2. The third kappa shape index (κ3) is 7.69. The third-order valence-electron chi connectivity index (χ3n) is 4.22. The Kier molecular flexibility index (Phi) is 8.62. The number of quaternary nitrogens is 1. The Hall–Kier alpha value is -1.88. The fourth-order valence-corrected chi connectivity index (χ4v) is 2.78. The second-order valence-electron chi connectivity index (χ2n) is 7.61. The zero-order chi connectivity index (χ0) is 19.0. The molecule has 1 aromatic rings. The number of nitrogens with zero attached hydrogens (tertiary/aromatic N) is 1. The van der Waals surface area contributed by atoms with E-state index in [-0.39, 0.29) is 24.4 Å². The van der Waals surface area contributed by atoms with E-state index in [4.69, 9.17) is 0 Å². The van der Waals surface area contributed by atoms with E-state index in [9.17, 15) is 9.59 Å². The molecule has 0 aliphatic rings. The molecule has 5 heteroatoms. The Balaban J connectivity index is 2.59. The van der Waals surface area contributed by atoms with Crippen molar-refractivity contribution in [2.24, 2.45) is 11.8 Å². The SMILES string of the molecule is CC(C)Cc1ccc([C@@H]([NH2+]CC(=O)NCC(=O)N(C)C)C(C)C)cc1. The summed E-state index contributed by atoms with van der Waals surface area (Å²) in [6, 6.07) is 8.95. The second kappa shape index (κ2) is 10.2. The standard InChI is InChI=1S/C20H33N3O2/c1-14(2)11-16-7-9-17(10-8-16)20(15(3)4)22-12-18(24)21-13-19(25)23(5)6/h7-10,14-15,20,22H,11-13H2,1-6H3,(H,21,24)/p+1/t20-/m0/s1. The normalized spacial score (nSPS) is 12.3. The number of hydrogen-bond donors (Lipinski definition) is 2. The number of nitrogens with one attached hydrogen (secondary N) is 1. The van der Waals surface area contributed by atoms with Crippen LogP contribution in [0, 0.1) is 11.8 Å². The first-order chi connectivity index (χ1) is 11.7. The van der Waals surface area contributed by atoms with E-state index in [2.05, 4.69) is 62.6 Å². The van der Waals surface area contributed by atoms with Gasteiger partial charge < -0.3 is 15.5 Å². The van der Waals surface area contributed by atoms with Gasteiger partial charge in [-0.25, -0.2) is 0 Å². The van der Waals surface area contributed by atoms with Crippen molar-refractivity contribution >= 4 is 11.8 Å². The maximum Gasteiger partial charge on any atom is 0.275 e. The van der Waals surface area contributed by atoms with Crippen molar-refractivity contribution in [3.8, 4) is 0 Å². The number of amides is 2. The molecule has 0 aliphatic carbocycles. The van der Waals surface area contributed by atoms with Crippen molar-refractivity contribution in [1.29, 1.82) is 0 Å². The molecule has 0 aromatic heterocycles. The van der Waals surface area contributed by atoms with Crippen molar-refractivity contribution in [2.75, 3.05) is 27.2 Å². The molecule has 5 nitrogen and oxygen atoms in total.